The Kier molecular flexibility index (Phi) is 3.14. The number of hydrogen-bond acceptors (Lipinski definition) is 3. The van der Waals surface area contributed by atoms with Crippen molar-refractivity contribution in [2.24, 2.45) is 0 Å². The van der Waals surface area contributed by atoms with E-state index in [0.717, 1.165) is 24.1 Å². The van der Waals surface area contributed by atoms with Crippen molar-refractivity contribution in [2.75, 3.05) is 7.11 Å². The van der Waals surface area contributed by atoms with Gasteiger partial charge in [0.25, 0.3) is 0 Å². The third-order valence-electron chi connectivity index (χ3n) is 4.95. The van der Waals surface area contributed by atoms with Crippen LogP contribution >= 0.6 is 0 Å². The van der Waals surface area contributed by atoms with Crippen LogP contribution in [0.1, 0.15) is 45.2 Å². The lowest BCUT2D eigenvalue weighted by Gasteiger charge is -2.32. The highest BCUT2D eigenvalue weighted by Crippen LogP contribution is 2.37. The topological polar surface area (TPSA) is 27.7 Å². The van der Waals surface area contributed by atoms with Crippen molar-refractivity contribution in [3.63, 3.8) is 0 Å². The first kappa shape index (κ1) is 14.0. The first-order valence-electron chi connectivity index (χ1n) is 7.39. The Morgan fingerprint density at radius 2 is 1.55 bits per heavy atom. The second-order valence-electron chi connectivity index (χ2n) is 6.80. The zero-order chi connectivity index (χ0) is 14.5. The summed E-state index contributed by atoms with van der Waals surface area (Å²) in [7, 11) is 1.37. The van der Waals surface area contributed by atoms with Gasteiger partial charge in [-0.25, -0.2) is 0 Å². The monoisotopic (exact) mass is 274 g/mol. The minimum atomic E-state index is -0.346. The number of fused-ring (bicyclic) bond motifs is 1. The van der Waals surface area contributed by atoms with Crippen molar-refractivity contribution in [1.29, 1.82) is 0 Å². The van der Waals surface area contributed by atoms with E-state index in [1.54, 1.807) is 7.11 Å². The number of aryl methyl sites for hydroxylation is 2. The summed E-state index contributed by atoms with van der Waals surface area (Å²) < 4.78 is 17.9. The van der Waals surface area contributed by atoms with Crippen molar-refractivity contribution in [1.82, 2.24) is 0 Å². The number of rotatable bonds is 2. The molecule has 1 heterocycles. The van der Waals surface area contributed by atoms with E-state index in [2.05, 4.69) is 39.8 Å². The van der Waals surface area contributed by atoms with Gasteiger partial charge in [-0.1, -0.05) is 6.07 Å². The van der Waals surface area contributed by atoms with Gasteiger partial charge in [-0.05, 0) is 64.2 Å². The minimum absolute atomic E-state index is 0.318. The molecule has 0 spiro atoms. The molecular weight excluding hydrogens is 251 g/mol. The fourth-order valence-corrected chi connectivity index (χ4v) is 2.95. The molecule has 0 radical (unpaired) electrons. The third kappa shape index (κ3) is 2.06. The summed E-state index contributed by atoms with van der Waals surface area (Å²) in [6.07, 6.45) is 3.52. The summed E-state index contributed by atoms with van der Waals surface area (Å²) in [5.41, 5.74) is 3.20. The summed E-state index contributed by atoms with van der Waals surface area (Å²) >= 11 is 0. The van der Waals surface area contributed by atoms with Gasteiger partial charge in [0.05, 0.1) is 18.3 Å². The van der Waals surface area contributed by atoms with Crippen molar-refractivity contribution < 1.29 is 14.0 Å². The van der Waals surface area contributed by atoms with Crippen LogP contribution in [0.4, 0.5) is 0 Å². The van der Waals surface area contributed by atoms with Crippen molar-refractivity contribution in [3.05, 3.63) is 23.3 Å². The maximum atomic E-state index is 6.15. The molecule has 1 fully saturated rings. The lowest BCUT2D eigenvalue weighted by atomic mass is 9.77. The molecule has 20 heavy (non-hydrogen) atoms. The van der Waals surface area contributed by atoms with E-state index in [1.807, 2.05) is 0 Å². The fraction of sp³-hybridized carbons (Fsp3) is 0.625. The van der Waals surface area contributed by atoms with Gasteiger partial charge in [0, 0.05) is 5.46 Å². The molecule has 2 aliphatic rings. The first-order chi connectivity index (χ1) is 9.34. The molecule has 1 aliphatic carbocycles. The second kappa shape index (κ2) is 4.50. The van der Waals surface area contributed by atoms with Crippen LogP contribution in [0.3, 0.4) is 0 Å². The highest BCUT2D eigenvalue weighted by molar-refractivity contribution is 6.63. The average molecular weight is 274 g/mol. The van der Waals surface area contributed by atoms with Gasteiger partial charge in [0.15, 0.2) is 0 Å². The number of ether oxygens (including phenoxy) is 1. The zero-order valence-corrected chi connectivity index (χ0v) is 13.1. The molecule has 3 nitrogen and oxygen atoms in total. The van der Waals surface area contributed by atoms with Crippen molar-refractivity contribution >= 4 is 12.6 Å². The molecule has 1 aliphatic heterocycles. The van der Waals surface area contributed by atoms with E-state index >= 15 is 0 Å². The summed E-state index contributed by atoms with van der Waals surface area (Å²) in [5, 5.41) is 0. The molecule has 1 aromatic rings. The highest BCUT2D eigenvalue weighted by atomic mass is 16.7. The minimum Gasteiger partial charge on any atom is -0.497 e. The van der Waals surface area contributed by atoms with Gasteiger partial charge < -0.3 is 14.0 Å². The van der Waals surface area contributed by atoms with E-state index in [9.17, 15) is 0 Å². The average Bonchev–Trinajstić information content (AvgIpc) is 2.89. The van der Waals surface area contributed by atoms with Gasteiger partial charge in [-0.2, -0.15) is 0 Å². The Labute approximate surface area is 121 Å². The Bertz CT molecular complexity index is 521. The lowest BCUT2D eigenvalue weighted by Crippen LogP contribution is -2.41. The van der Waals surface area contributed by atoms with E-state index in [4.69, 9.17) is 14.0 Å². The second-order valence-corrected chi connectivity index (χ2v) is 6.80. The molecular formula is C16H23BO3. The molecule has 0 N–H and O–H groups in total. The standard InChI is InChI=1S/C16H23BO3/c1-15(2)16(3,4)20-17(19-15)13-9-11-7-6-8-12(11)10-14(13)18-5/h9-10H,6-8H2,1-5H3. The van der Waals surface area contributed by atoms with Gasteiger partial charge in [0.1, 0.15) is 5.75 Å². The van der Waals surface area contributed by atoms with Crippen LogP contribution in [0.5, 0.6) is 5.75 Å². The molecule has 0 amide bonds. The van der Waals surface area contributed by atoms with Crippen molar-refractivity contribution in [2.45, 2.75) is 58.2 Å². The maximum absolute atomic E-state index is 6.15. The molecule has 1 aromatic carbocycles. The summed E-state index contributed by atoms with van der Waals surface area (Å²) in [6.45, 7) is 8.30. The van der Waals surface area contributed by atoms with Crippen LogP contribution in [0.2, 0.25) is 0 Å². The van der Waals surface area contributed by atoms with Crippen molar-refractivity contribution in [3.8, 4) is 5.75 Å². The Balaban J connectivity index is 1.99. The number of hydrogen-bond donors (Lipinski definition) is 0. The molecule has 108 valence electrons. The summed E-state index contributed by atoms with van der Waals surface area (Å²) in [4.78, 5) is 0. The van der Waals surface area contributed by atoms with Gasteiger partial charge >= 0.3 is 7.12 Å². The van der Waals surface area contributed by atoms with E-state index in [-0.39, 0.29) is 18.3 Å². The molecule has 1 saturated heterocycles. The lowest BCUT2D eigenvalue weighted by molar-refractivity contribution is 0.00578. The van der Waals surface area contributed by atoms with Crippen LogP contribution in [0.15, 0.2) is 12.1 Å². The van der Waals surface area contributed by atoms with E-state index in [1.165, 1.54) is 17.5 Å². The summed E-state index contributed by atoms with van der Waals surface area (Å²) in [5.74, 6) is 0.879. The van der Waals surface area contributed by atoms with Crippen LogP contribution in [0, 0.1) is 0 Å². The SMILES string of the molecule is COc1cc2c(cc1B1OC(C)(C)C(C)(C)O1)CCC2. The summed E-state index contributed by atoms with van der Waals surface area (Å²) in [6, 6.07) is 4.37. The Morgan fingerprint density at radius 1 is 1.00 bits per heavy atom. The fourth-order valence-electron chi connectivity index (χ4n) is 2.95. The Morgan fingerprint density at radius 3 is 2.10 bits per heavy atom. The molecule has 0 atom stereocenters. The molecule has 4 heteroatoms. The van der Waals surface area contributed by atoms with Gasteiger partial charge in [-0.3, -0.25) is 0 Å². The van der Waals surface area contributed by atoms with Gasteiger partial charge in [-0.15, -0.1) is 0 Å². The first-order valence-corrected chi connectivity index (χ1v) is 7.39. The maximum Gasteiger partial charge on any atom is 0.498 e. The van der Waals surface area contributed by atoms with Crippen LogP contribution < -0.4 is 10.2 Å². The smallest absolute Gasteiger partial charge is 0.497 e. The third-order valence-corrected chi connectivity index (χ3v) is 4.95. The predicted molar refractivity (Wildman–Crippen MR) is 80.7 cm³/mol. The predicted octanol–water partition coefficient (Wildman–Crippen LogP) is 2.48. The molecule has 3 rings (SSSR count). The largest absolute Gasteiger partial charge is 0.498 e. The highest BCUT2D eigenvalue weighted by Gasteiger charge is 2.52. The number of benzene rings is 1. The van der Waals surface area contributed by atoms with Gasteiger partial charge in [0.2, 0.25) is 0 Å². The zero-order valence-electron chi connectivity index (χ0n) is 13.1. The quantitative estimate of drug-likeness (QED) is 0.775. The molecule has 0 bridgehead atoms. The molecule has 0 unspecified atom stereocenters. The number of methoxy groups -OCH3 is 1. The van der Waals surface area contributed by atoms with E-state index < -0.39 is 0 Å². The van der Waals surface area contributed by atoms with Crippen LogP contribution in [0.25, 0.3) is 0 Å². The Hall–Kier alpha value is -0.995. The van der Waals surface area contributed by atoms with Crippen LogP contribution in [-0.2, 0) is 22.2 Å². The molecule has 0 aromatic heterocycles. The van der Waals surface area contributed by atoms with E-state index in [0.29, 0.717) is 0 Å². The normalized spacial score (nSPS) is 22.9. The van der Waals surface area contributed by atoms with Crippen LogP contribution in [-0.4, -0.2) is 25.4 Å². The molecule has 0 saturated carbocycles.